The summed E-state index contributed by atoms with van der Waals surface area (Å²) in [6, 6.07) is -0.524. The predicted octanol–water partition coefficient (Wildman–Crippen LogP) is 2.95. The highest BCUT2D eigenvalue weighted by Crippen LogP contribution is 2.37. The Labute approximate surface area is 113 Å². The summed E-state index contributed by atoms with van der Waals surface area (Å²) < 4.78 is 29.9. The molecule has 0 N–H and O–H groups in total. The lowest BCUT2D eigenvalue weighted by atomic mass is 9.86. The van der Waals surface area contributed by atoms with Gasteiger partial charge in [0.25, 0.3) is 5.92 Å². The van der Waals surface area contributed by atoms with Crippen LogP contribution in [0.25, 0.3) is 0 Å². The van der Waals surface area contributed by atoms with E-state index >= 15 is 0 Å². The Morgan fingerprint density at radius 1 is 1.33 bits per heavy atom. The lowest BCUT2D eigenvalue weighted by Gasteiger charge is -2.50. The van der Waals surface area contributed by atoms with Crippen LogP contribution < -0.4 is 0 Å². The standard InChI is InChI=1S/C13H24F2N2S/c1-10(2)6-11-7-16(8-11)12-4-5-17(18-3)9-13(12,14)15/h10-12H,4-9H2,1-3H3. The van der Waals surface area contributed by atoms with Crippen LogP contribution in [0, 0.1) is 11.8 Å². The van der Waals surface area contributed by atoms with Crippen LogP contribution in [0.3, 0.4) is 0 Å². The third-order valence-corrected chi connectivity index (χ3v) is 4.84. The molecule has 2 aliphatic heterocycles. The summed E-state index contributed by atoms with van der Waals surface area (Å²) in [6.45, 7) is 6.84. The Kier molecular flexibility index (Phi) is 4.55. The molecule has 5 heteroatoms. The first-order chi connectivity index (χ1) is 8.42. The van der Waals surface area contributed by atoms with Crippen molar-refractivity contribution in [3.05, 3.63) is 0 Å². The van der Waals surface area contributed by atoms with Crippen molar-refractivity contribution in [1.82, 2.24) is 9.21 Å². The molecular weight excluding hydrogens is 254 g/mol. The Bertz CT molecular complexity index is 280. The third-order valence-electron chi connectivity index (χ3n) is 4.02. The van der Waals surface area contributed by atoms with Gasteiger partial charge < -0.3 is 0 Å². The van der Waals surface area contributed by atoms with Gasteiger partial charge in [0.15, 0.2) is 0 Å². The topological polar surface area (TPSA) is 6.48 Å². The highest BCUT2D eigenvalue weighted by Gasteiger charge is 2.50. The molecule has 0 amide bonds. The highest BCUT2D eigenvalue weighted by atomic mass is 32.2. The maximum atomic E-state index is 14.1. The molecule has 0 spiro atoms. The van der Waals surface area contributed by atoms with Gasteiger partial charge in [0, 0.05) is 19.6 Å². The van der Waals surface area contributed by atoms with E-state index in [2.05, 4.69) is 13.8 Å². The second-order valence-corrected chi connectivity index (χ2v) is 6.94. The van der Waals surface area contributed by atoms with Gasteiger partial charge >= 0.3 is 0 Å². The molecule has 0 bridgehead atoms. The zero-order valence-electron chi connectivity index (χ0n) is 11.5. The zero-order chi connectivity index (χ0) is 13.3. The molecule has 2 saturated heterocycles. The lowest BCUT2D eigenvalue weighted by molar-refractivity contribution is -0.137. The molecule has 2 fully saturated rings. The van der Waals surface area contributed by atoms with Crippen LogP contribution in [0.4, 0.5) is 8.78 Å². The van der Waals surface area contributed by atoms with Gasteiger partial charge in [0.1, 0.15) is 0 Å². The SMILES string of the molecule is CSN1CCC(N2CC(CC(C)C)C2)C(F)(F)C1. The van der Waals surface area contributed by atoms with Crippen LogP contribution in [0.15, 0.2) is 0 Å². The number of halogens is 2. The van der Waals surface area contributed by atoms with E-state index < -0.39 is 12.0 Å². The number of hydrogen-bond acceptors (Lipinski definition) is 3. The summed E-state index contributed by atoms with van der Waals surface area (Å²) in [5.41, 5.74) is 0. The van der Waals surface area contributed by atoms with Crippen molar-refractivity contribution in [2.24, 2.45) is 11.8 Å². The van der Waals surface area contributed by atoms with E-state index in [0.29, 0.717) is 18.3 Å². The number of likely N-dealkylation sites (tertiary alicyclic amines) is 1. The molecule has 1 atom stereocenters. The van der Waals surface area contributed by atoms with Crippen molar-refractivity contribution in [2.45, 2.75) is 38.7 Å². The molecule has 2 rings (SSSR count). The minimum absolute atomic E-state index is 0.0931. The summed E-state index contributed by atoms with van der Waals surface area (Å²) in [7, 11) is 0. The van der Waals surface area contributed by atoms with E-state index in [9.17, 15) is 8.78 Å². The summed E-state index contributed by atoms with van der Waals surface area (Å²) in [5, 5.41) is 0. The average Bonchev–Trinajstić information content (AvgIpc) is 2.22. The van der Waals surface area contributed by atoms with Crippen molar-refractivity contribution in [3.8, 4) is 0 Å². The molecule has 106 valence electrons. The van der Waals surface area contributed by atoms with Crippen LogP contribution in [0.1, 0.15) is 26.7 Å². The van der Waals surface area contributed by atoms with E-state index in [1.165, 1.54) is 18.4 Å². The van der Waals surface area contributed by atoms with Gasteiger partial charge in [-0.2, -0.15) is 0 Å². The normalized spacial score (nSPS) is 30.7. The first-order valence-corrected chi connectivity index (χ1v) is 8.01. The Morgan fingerprint density at radius 2 is 2.00 bits per heavy atom. The van der Waals surface area contributed by atoms with E-state index in [1.54, 1.807) is 4.31 Å². The lowest BCUT2D eigenvalue weighted by Crippen LogP contribution is -2.63. The van der Waals surface area contributed by atoms with Crippen molar-refractivity contribution >= 4 is 11.9 Å². The summed E-state index contributed by atoms with van der Waals surface area (Å²) >= 11 is 1.43. The van der Waals surface area contributed by atoms with E-state index in [4.69, 9.17) is 0 Å². The molecule has 0 aromatic rings. The fraction of sp³-hybridized carbons (Fsp3) is 1.00. The number of piperidine rings is 1. The van der Waals surface area contributed by atoms with Crippen LogP contribution >= 0.6 is 11.9 Å². The quantitative estimate of drug-likeness (QED) is 0.730. The molecule has 2 nitrogen and oxygen atoms in total. The first-order valence-electron chi connectivity index (χ1n) is 6.83. The van der Waals surface area contributed by atoms with Crippen molar-refractivity contribution in [1.29, 1.82) is 0 Å². The molecule has 0 saturated carbocycles. The van der Waals surface area contributed by atoms with Gasteiger partial charge in [0.2, 0.25) is 0 Å². The summed E-state index contributed by atoms with van der Waals surface area (Å²) in [6.07, 6.45) is 3.65. The maximum absolute atomic E-state index is 14.1. The Hall–Kier alpha value is 0.130. The van der Waals surface area contributed by atoms with E-state index in [0.717, 1.165) is 19.6 Å². The molecule has 2 aliphatic rings. The van der Waals surface area contributed by atoms with Gasteiger partial charge in [-0.1, -0.05) is 25.8 Å². The van der Waals surface area contributed by atoms with Crippen molar-refractivity contribution in [3.63, 3.8) is 0 Å². The summed E-state index contributed by atoms with van der Waals surface area (Å²) in [4.78, 5) is 2.00. The number of hydrogen-bond donors (Lipinski definition) is 0. The van der Waals surface area contributed by atoms with Crippen LogP contribution in [0.2, 0.25) is 0 Å². The van der Waals surface area contributed by atoms with Gasteiger partial charge in [0.05, 0.1) is 12.6 Å². The van der Waals surface area contributed by atoms with E-state index in [-0.39, 0.29) is 6.54 Å². The minimum Gasteiger partial charge on any atom is -0.294 e. The Balaban J connectivity index is 1.84. The molecule has 0 radical (unpaired) electrons. The fourth-order valence-corrected chi connectivity index (χ4v) is 3.77. The second-order valence-electron chi connectivity index (χ2n) is 6.06. The second kappa shape index (κ2) is 5.63. The zero-order valence-corrected chi connectivity index (χ0v) is 12.3. The van der Waals surface area contributed by atoms with Gasteiger partial charge in [-0.25, -0.2) is 13.1 Å². The van der Waals surface area contributed by atoms with Crippen LogP contribution in [-0.2, 0) is 0 Å². The summed E-state index contributed by atoms with van der Waals surface area (Å²) in [5.74, 6) is -1.24. The molecule has 2 heterocycles. The maximum Gasteiger partial charge on any atom is 0.276 e. The van der Waals surface area contributed by atoms with Gasteiger partial charge in [-0.3, -0.25) is 4.90 Å². The first kappa shape index (κ1) is 14.5. The number of alkyl halides is 2. The van der Waals surface area contributed by atoms with Crippen LogP contribution in [-0.4, -0.2) is 53.6 Å². The Morgan fingerprint density at radius 3 is 2.50 bits per heavy atom. The monoisotopic (exact) mass is 278 g/mol. The van der Waals surface area contributed by atoms with E-state index in [1.807, 2.05) is 11.2 Å². The third kappa shape index (κ3) is 3.17. The van der Waals surface area contributed by atoms with Crippen molar-refractivity contribution in [2.75, 3.05) is 32.4 Å². The smallest absolute Gasteiger partial charge is 0.276 e. The molecule has 18 heavy (non-hydrogen) atoms. The largest absolute Gasteiger partial charge is 0.294 e. The molecule has 0 aromatic heterocycles. The molecular formula is C13H24F2N2S. The van der Waals surface area contributed by atoms with Gasteiger partial charge in [-0.05, 0) is 30.9 Å². The molecule has 1 unspecified atom stereocenters. The minimum atomic E-state index is -2.55. The highest BCUT2D eigenvalue weighted by molar-refractivity contribution is 7.96. The van der Waals surface area contributed by atoms with Crippen molar-refractivity contribution < 1.29 is 8.78 Å². The number of rotatable bonds is 4. The van der Waals surface area contributed by atoms with Gasteiger partial charge in [-0.15, -0.1) is 0 Å². The molecule has 0 aliphatic carbocycles. The molecule has 0 aromatic carbocycles. The van der Waals surface area contributed by atoms with Crippen LogP contribution in [0.5, 0.6) is 0 Å². The fourth-order valence-electron chi connectivity index (χ4n) is 3.18. The number of nitrogens with zero attached hydrogens (tertiary/aromatic N) is 2. The average molecular weight is 278 g/mol. The predicted molar refractivity (Wildman–Crippen MR) is 73.0 cm³/mol.